The first-order valence-corrected chi connectivity index (χ1v) is 12.1. The lowest BCUT2D eigenvalue weighted by Crippen LogP contribution is -2.28. The van der Waals surface area contributed by atoms with Gasteiger partial charge in [0.25, 0.3) is 17.0 Å². The summed E-state index contributed by atoms with van der Waals surface area (Å²) >= 11 is 8.80. The number of amides is 1. The van der Waals surface area contributed by atoms with Gasteiger partial charge >= 0.3 is 0 Å². The van der Waals surface area contributed by atoms with E-state index in [0.717, 1.165) is 21.7 Å². The molecule has 0 spiro atoms. The Morgan fingerprint density at radius 2 is 1.91 bits per heavy atom. The van der Waals surface area contributed by atoms with Gasteiger partial charge in [0.15, 0.2) is 0 Å². The van der Waals surface area contributed by atoms with Crippen molar-refractivity contribution in [1.82, 2.24) is 15.2 Å². The molecule has 0 radical (unpaired) electrons. The minimum atomic E-state index is -0.195. The smallest absolute Gasteiger partial charge is 0.277 e. The fourth-order valence-electron chi connectivity index (χ4n) is 3.45. The zero-order valence-corrected chi connectivity index (χ0v) is 19.1. The minimum Gasteiger partial charge on any atom is -0.410 e. The molecule has 1 aliphatic rings. The second-order valence-corrected chi connectivity index (χ2v) is 9.37. The van der Waals surface area contributed by atoms with E-state index in [-0.39, 0.29) is 17.7 Å². The van der Waals surface area contributed by atoms with Crippen molar-refractivity contribution >= 4 is 46.3 Å². The number of hydrazone groups is 1. The number of hydrogen-bond acceptors (Lipinski definition) is 7. The minimum absolute atomic E-state index is 0.128. The third-order valence-electron chi connectivity index (χ3n) is 4.99. The molecule has 0 saturated carbocycles. The quantitative estimate of drug-likeness (QED) is 0.320. The van der Waals surface area contributed by atoms with E-state index in [2.05, 4.69) is 15.3 Å². The Balaban J connectivity index is 1.34. The molecule has 3 heterocycles. The van der Waals surface area contributed by atoms with Crippen LogP contribution in [0.5, 0.6) is 0 Å². The van der Waals surface area contributed by atoms with E-state index in [0.29, 0.717) is 22.6 Å². The molecule has 1 amide bonds. The molecule has 1 atom stereocenters. The molecule has 2 aromatic heterocycles. The van der Waals surface area contributed by atoms with Gasteiger partial charge < -0.3 is 4.42 Å². The largest absolute Gasteiger partial charge is 0.410 e. The van der Waals surface area contributed by atoms with Gasteiger partial charge in [0.1, 0.15) is 0 Å². The molecule has 0 saturated heterocycles. The predicted octanol–water partition coefficient (Wildman–Crippen LogP) is 5.92. The summed E-state index contributed by atoms with van der Waals surface area (Å²) in [7, 11) is 0. The fourth-order valence-corrected chi connectivity index (χ4v) is 4.83. The molecule has 0 bridgehead atoms. The highest BCUT2D eigenvalue weighted by Gasteiger charge is 2.33. The van der Waals surface area contributed by atoms with Crippen LogP contribution in [0.1, 0.15) is 23.6 Å². The summed E-state index contributed by atoms with van der Waals surface area (Å²) in [6.45, 7) is 0. The SMILES string of the molecule is O=C(CSc1nnc(-c2cccs2)o1)N1N=C(c2ccccc2)C[C@H]1c1ccc(Cl)cc1. The van der Waals surface area contributed by atoms with Crippen LogP contribution in [0.15, 0.2) is 86.9 Å². The summed E-state index contributed by atoms with van der Waals surface area (Å²) in [5.41, 5.74) is 2.87. The number of benzene rings is 2. The van der Waals surface area contributed by atoms with Crippen molar-refractivity contribution in [1.29, 1.82) is 0 Å². The van der Waals surface area contributed by atoms with Crippen LogP contribution in [0.25, 0.3) is 10.8 Å². The molecule has 0 fully saturated rings. The molecule has 4 aromatic rings. The zero-order chi connectivity index (χ0) is 21.9. The molecule has 0 aliphatic carbocycles. The summed E-state index contributed by atoms with van der Waals surface area (Å²) in [5, 5.41) is 17.3. The lowest BCUT2D eigenvalue weighted by Gasteiger charge is -2.21. The first kappa shape index (κ1) is 20.9. The number of thioether (sulfide) groups is 1. The number of carbonyl (C=O) groups excluding carboxylic acids is 1. The Morgan fingerprint density at radius 1 is 1.09 bits per heavy atom. The van der Waals surface area contributed by atoms with Crippen LogP contribution >= 0.6 is 34.7 Å². The number of carbonyl (C=O) groups is 1. The van der Waals surface area contributed by atoms with Gasteiger partial charge in [0, 0.05) is 11.4 Å². The van der Waals surface area contributed by atoms with Gasteiger partial charge in [-0.05, 0) is 34.7 Å². The normalized spacial score (nSPS) is 15.7. The van der Waals surface area contributed by atoms with Crippen LogP contribution in [-0.2, 0) is 4.79 Å². The maximum absolute atomic E-state index is 13.2. The van der Waals surface area contributed by atoms with E-state index in [4.69, 9.17) is 16.0 Å². The molecule has 9 heteroatoms. The second kappa shape index (κ2) is 9.28. The molecule has 2 aromatic carbocycles. The van der Waals surface area contributed by atoms with Crippen molar-refractivity contribution in [2.75, 3.05) is 5.75 Å². The van der Waals surface area contributed by atoms with E-state index in [1.54, 1.807) is 5.01 Å². The number of rotatable bonds is 6. The number of aromatic nitrogens is 2. The van der Waals surface area contributed by atoms with Crippen molar-refractivity contribution in [3.8, 4) is 10.8 Å². The van der Waals surface area contributed by atoms with Gasteiger partial charge in [0.05, 0.1) is 22.4 Å². The first-order valence-electron chi connectivity index (χ1n) is 9.88. The van der Waals surface area contributed by atoms with Gasteiger partial charge in [0.2, 0.25) is 0 Å². The highest BCUT2D eigenvalue weighted by molar-refractivity contribution is 7.99. The summed E-state index contributed by atoms with van der Waals surface area (Å²) < 4.78 is 5.69. The molecule has 32 heavy (non-hydrogen) atoms. The molecule has 5 rings (SSSR count). The number of halogens is 1. The molecule has 0 unspecified atom stereocenters. The van der Waals surface area contributed by atoms with Gasteiger partial charge in [-0.1, -0.05) is 71.9 Å². The standard InChI is InChI=1S/C23H17ClN4O2S2/c24-17-10-8-16(9-11-17)19-13-18(15-5-2-1-3-6-15)27-28(19)21(29)14-32-23-26-25-22(30-23)20-7-4-12-31-20/h1-12,19H,13-14H2/t19-/m0/s1. The third-order valence-corrected chi connectivity index (χ3v) is 6.90. The predicted molar refractivity (Wildman–Crippen MR) is 127 cm³/mol. The van der Waals surface area contributed by atoms with E-state index < -0.39 is 0 Å². The maximum atomic E-state index is 13.2. The van der Waals surface area contributed by atoms with Gasteiger partial charge in [-0.2, -0.15) is 5.10 Å². The highest BCUT2D eigenvalue weighted by Crippen LogP contribution is 2.34. The van der Waals surface area contributed by atoms with Crippen molar-refractivity contribution in [2.24, 2.45) is 5.10 Å². The highest BCUT2D eigenvalue weighted by atomic mass is 35.5. The molecular weight excluding hydrogens is 464 g/mol. The number of thiophene rings is 1. The molecular formula is C23H17ClN4O2S2. The lowest BCUT2D eigenvalue weighted by molar-refractivity contribution is -0.130. The van der Waals surface area contributed by atoms with E-state index in [1.165, 1.54) is 23.1 Å². The van der Waals surface area contributed by atoms with Crippen LogP contribution < -0.4 is 0 Å². The molecule has 0 N–H and O–H groups in total. The van der Waals surface area contributed by atoms with Crippen LogP contribution in [0, 0.1) is 0 Å². The van der Waals surface area contributed by atoms with E-state index >= 15 is 0 Å². The second-order valence-electron chi connectivity index (χ2n) is 7.06. The van der Waals surface area contributed by atoms with Crippen molar-refractivity contribution in [2.45, 2.75) is 17.7 Å². The molecule has 160 valence electrons. The zero-order valence-electron chi connectivity index (χ0n) is 16.7. The molecule has 1 aliphatic heterocycles. The maximum Gasteiger partial charge on any atom is 0.277 e. The Morgan fingerprint density at radius 3 is 2.66 bits per heavy atom. The van der Waals surface area contributed by atoms with Gasteiger partial charge in [-0.25, -0.2) is 5.01 Å². The Bertz CT molecular complexity index is 1240. The number of hydrogen-bond donors (Lipinski definition) is 0. The summed E-state index contributed by atoms with van der Waals surface area (Å²) in [5.74, 6) is 0.471. The summed E-state index contributed by atoms with van der Waals surface area (Å²) in [6.07, 6.45) is 0.630. The Kier molecular flexibility index (Phi) is 6.07. The van der Waals surface area contributed by atoms with Crippen LogP contribution in [0.3, 0.4) is 0 Å². The average Bonchev–Trinajstić information content (AvgIpc) is 3.59. The molecule has 6 nitrogen and oxygen atoms in total. The van der Waals surface area contributed by atoms with Crippen molar-refractivity contribution in [3.05, 3.63) is 88.3 Å². The monoisotopic (exact) mass is 480 g/mol. The topological polar surface area (TPSA) is 71.6 Å². The Hall–Kier alpha value is -2.94. The van der Waals surface area contributed by atoms with Crippen molar-refractivity contribution < 1.29 is 9.21 Å². The van der Waals surface area contributed by atoms with Crippen LogP contribution in [0.4, 0.5) is 0 Å². The lowest BCUT2D eigenvalue weighted by atomic mass is 9.98. The van der Waals surface area contributed by atoms with Crippen LogP contribution in [-0.4, -0.2) is 32.6 Å². The first-order chi connectivity index (χ1) is 15.7. The van der Waals surface area contributed by atoms with E-state index in [1.807, 2.05) is 72.1 Å². The van der Waals surface area contributed by atoms with Crippen LogP contribution in [0.2, 0.25) is 5.02 Å². The fraction of sp³-hybridized carbons (Fsp3) is 0.130. The average molecular weight is 481 g/mol. The van der Waals surface area contributed by atoms with E-state index in [9.17, 15) is 4.79 Å². The third kappa shape index (κ3) is 4.48. The Labute approximate surface area is 197 Å². The summed E-state index contributed by atoms with van der Waals surface area (Å²) in [4.78, 5) is 14.1. The van der Waals surface area contributed by atoms with Crippen molar-refractivity contribution in [3.63, 3.8) is 0 Å². The number of nitrogens with zero attached hydrogens (tertiary/aromatic N) is 4. The summed E-state index contributed by atoms with van der Waals surface area (Å²) in [6, 6.07) is 21.1. The van der Waals surface area contributed by atoms with Gasteiger partial charge in [-0.3, -0.25) is 4.79 Å². The van der Waals surface area contributed by atoms with Gasteiger partial charge in [-0.15, -0.1) is 21.5 Å².